The van der Waals surface area contributed by atoms with Gasteiger partial charge in [0.1, 0.15) is 0 Å². The maximum absolute atomic E-state index is 13.1. The van der Waals surface area contributed by atoms with Crippen LogP contribution in [-0.4, -0.2) is 39.6 Å². The van der Waals surface area contributed by atoms with Gasteiger partial charge in [-0.2, -0.15) is 0 Å². The third-order valence-electron chi connectivity index (χ3n) is 5.68. The van der Waals surface area contributed by atoms with Crippen LogP contribution in [0.3, 0.4) is 0 Å². The van der Waals surface area contributed by atoms with Crippen LogP contribution < -0.4 is 4.90 Å². The van der Waals surface area contributed by atoms with Crippen LogP contribution in [0.2, 0.25) is 0 Å². The molecule has 3 aromatic carbocycles. The summed E-state index contributed by atoms with van der Waals surface area (Å²) in [7, 11) is 0. The molecule has 0 unspecified atom stereocenters. The van der Waals surface area contributed by atoms with Gasteiger partial charge in [-0.3, -0.25) is 4.79 Å². The number of hydrogen-bond acceptors (Lipinski definition) is 4. The summed E-state index contributed by atoms with van der Waals surface area (Å²) in [4.78, 5) is 25.9. The third kappa shape index (κ3) is 4.44. The predicted octanol–water partition coefficient (Wildman–Crippen LogP) is 4.70. The number of aromatic nitrogens is 2. The van der Waals surface area contributed by atoms with Gasteiger partial charge >= 0.3 is 0 Å². The van der Waals surface area contributed by atoms with Gasteiger partial charge < -0.3 is 14.8 Å². The summed E-state index contributed by atoms with van der Waals surface area (Å²) in [5, 5.41) is 2.43. The molecule has 0 fully saturated rings. The highest BCUT2D eigenvalue weighted by molar-refractivity contribution is 8.00. The largest absolute Gasteiger partial charge is 0.364 e. The highest BCUT2D eigenvalue weighted by Gasteiger charge is 2.23. The lowest BCUT2D eigenvalue weighted by atomic mass is 10.1. The Hall–Kier alpha value is -3.25. The smallest absolute Gasteiger partial charge is 0.233 e. The number of para-hydroxylation sites is 1. The summed E-state index contributed by atoms with van der Waals surface area (Å²) >= 11 is 1.61. The van der Waals surface area contributed by atoms with Crippen molar-refractivity contribution in [2.24, 2.45) is 0 Å². The van der Waals surface area contributed by atoms with Crippen molar-refractivity contribution >= 4 is 34.1 Å². The molecule has 0 atom stereocenters. The second-order valence-corrected chi connectivity index (χ2v) is 8.77. The maximum Gasteiger partial charge on any atom is 0.233 e. The zero-order chi connectivity index (χ0) is 21.0. The Bertz CT molecular complexity index is 1190. The van der Waals surface area contributed by atoms with Crippen molar-refractivity contribution in [1.29, 1.82) is 0 Å². The first kappa shape index (κ1) is 19.7. The highest BCUT2D eigenvalue weighted by atomic mass is 32.2. The summed E-state index contributed by atoms with van der Waals surface area (Å²) in [6.07, 6.45) is 3.63. The lowest BCUT2D eigenvalue weighted by molar-refractivity contribution is -0.128. The number of hydrogen-bond donors (Lipinski definition) is 1. The molecule has 0 bridgehead atoms. The number of aromatic amines is 1. The van der Waals surface area contributed by atoms with E-state index in [0.29, 0.717) is 18.8 Å². The van der Waals surface area contributed by atoms with Crippen LogP contribution in [0.4, 0.5) is 5.69 Å². The molecule has 0 spiro atoms. The molecular formula is C25H24N4OS. The highest BCUT2D eigenvalue weighted by Crippen LogP contribution is 2.28. The Morgan fingerprint density at radius 3 is 2.71 bits per heavy atom. The number of H-pyrrole nitrogens is 1. The van der Waals surface area contributed by atoms with Crippen LogP contribution in [-0.2, 0) is 17.9 Å². The Morgan fingerprint density at radius 1 is 1.00 bits per heavy atom. The predicted molar refractivity (Wildman–Crippen MR) is 126 cm³/mol. The molecule has 0 saturated carbocycles. The molecular weight excluding hydrogens is 404 g/mol. The Labute approximate surface area is 186 Å². The van der Waals surface area contributed by atoms with E-state index < -0.39 is 0 Å². The Morgan fingerprint density at radius 2 is 1.84 bits per heavy atom. The maximum atomic E-state index is 13.1. The van der Waals surface area contributed by atoms with Gasteiger partial charge in [0.2, 0.25) is 5.91 Å². The van der Waals surface area contributed by atoms with E-state index in [1.54, 1.807) is 18.1 Å². The van der Waals surface area contributed by atoms with Gasteiger partial charge in [-0.1, -0.05) is 48.5 Å². The lowest BCUT2D eigenvalue weighted by Crippen LogP contribution is -2.36. The van der Waals surface area contributed by atoms with Gasteiger partial charge in [0.15, 0.2) is 0 Å². The van der Waals surface area contributed by atoms with Gasteiger partial charge in [0.05, 0.1) is 24.3 Å². The summed E-state index contributed by atoms with van der Waals surface area (Å²) in [6.45, 7) is 2.87. The second-order valence-electron chi connectivity index (χ2n) is 7.72. The molecule has 0 radical (unpaired) electrons. The van der Waals surface area contributed by atoms with Crippen molar-refractivity contribution in [2.75, 3.05) is 23.7 Å². The van der Waals surface area contributed by atoms with Crippen LogP contribution in [0.1, 0.15) is 11.3 Å². The van der Waals surface area contributed by atoms with Gasteiger partial charge in [-0.05, 0) is 34.5 Å². The van der Waals surface area contributed by atoms with E-state index in [9.17, 15) is 4.79 Å². The minimum atomic E-state index is 0.176. The Kier molecular flexibility index (Phi) is 5.63. The molecule has 0 saturated heterocycles. The zero-order valence-electron chi connectivity index (χ0n) is 17.2. The topological polar surface area (TPSA) is 52.2 Å². The van der Waals surface area contributed by atoms with Crippen LogP contribution in [0.15, 0.2) is 84.1 Å². The van der Waals surface area contributed by atoms with Gasteiger partial charge in [-0.15, -0.1) is 11.8 Å². The number of thioether (sulfide) groups is 1. The number of carbonyl (C=O) groups excluding carboxylic acids is 1. The van der Waals surface area contributed by atoms with E-state index in [0.717, 1.165) is 23.7 Å². The van der Waals surface area contributed by atoms with Crippen LogP contribution in [0, 0.1) is 0 Å². The number of benzene rings is 3. The van der Waals surface area contributed by atoms with Crippen molar-refractivity contribution in [2.45, 2.75) is 18.0 Å². The Balaban J connectivity index is 1.28. The molecule has 5 nitrogen and oxygen atoms in total. The average Bonchev–Trinajstić information content (AvgIpc) is 3.25. The standard InChI is InChI=1S/C25H24N4OS/c30-25(17-31-23-10-9-19-5-1-2-6-20(19)13-23)29-12-11-28(16-22-14-26-18-27-22)24-8-4-3-7-21(24)15-29/h1-10,13-14,18H,11-12,15-17H2,(H,26,27). The fourth-order valence-corrected chi connectivity index (χ4v) is 4.89. The van der Waals surface area contributed by atoms with Crippen LogP contribution in [0.25, 0.3) is 10.8 Å². The molecule has 1 aromatic heterocycles. The van der Waals surface area contributed by atoms with Crippen molar-refractivity contribution in [1.82, 2.24) is 14.9 Å². The number of carbonyl (C=O) groups is 1. The molecule has 1 N–H and O–H groups in total. The number of anilines is 1. The number of nitrogens with zero attached hydrogens (tertiary/aromatic N) is 3. The second kappa shape index (κ2) is 8.86. The van der Waals surface area contributed by atoms with Crippen molar-refractivity contribution in [3.05, 3.63) is 90.5 Å². The molecule has 1 aliphatic rings. The number of amides is 1. The SMILES string of the molecule is O=C(CSc1ccc2ccccc2c1)N1CCN(Cc2c[nH]cn2)c2ccccc2C1. The van der Waals surface area contributed by atoms with E-state index in [2.05, 4.69) is 63.4 Å². The third-order valence-corrected chi connectivity index (χ3v) is 6.66. The zero-order valence-corrected chi connectivity index (χ0v) is 18.0. The van der Waals surface area contributed by atoms with Crippen molar-refractivity contribution < 1.29 is 4.79 Å². The van der Waals surface area contributed by atoms with E-state index in [1.807, 2.05) is 29.3 Å². The molecule has 156 valence electrons. The number of imidazole rings is 1. The van der Waals surface area contributed by atoms with E-state index in [4.69, 9.17) is 0 Å². The summed E-state index contributed by atoms with van der Waals surface area (Å²) < 4.78 is 0. The van der Waals surface area contributed by atoms with E-state index in [-0.39, 0.29) is 5.91 Å². The van der Waals surface area contributed by atoms with E-state index >= 15 is 0 Å². The van der Waals surface area contributed by atoms with Crippen molar-refractivity contribution in [3.8, 4) is 0 Å². The lowest BCUT2D eigenvalue weighted by Gasteiger charge is -2.24. The van der Waals surface area contributed by atoms with Crippen molar-refractivity contribution in [3.63, 3.8) is 0 Å². The first-order chi connectivity index (χ1) is 15.3. The van der Waals surface area contributed by atoms with Gasteiger partial charge in [-0.25, -0.2) is 4.98 Å². The van der Waals surface area contributed by atoms with Gasteiger partial charge in [0, 0.05) is 36.4 Å². The first-order valence-corrected chi connectivity index (χ1v) is 11.4. The fraction of sp³-hybridized carbons (Fsp3) is 0.200. The molecule has 31 heavy (non-hydrogen) atoms. The summed E-state index contributed by atoms with van der Waals surface area (Å²) in [6, 6.07) is 23.1. The first-order valence-electron chi connectivity index (χ1n) is 10.5. The van der Waals surface area contributed by atoms with Gasteiger partial charge in [0.25, 0.3) is 0 Å². The monoisotopic (exact) mass is 428 g/mol. The van der Waals surface area contributed by atoms with Crippen LogP contribution >= 0.6 is 11.8 Å². The fourth-order valence-electron chi connectivity index (χ4n) is 4.04. The minimum Gasteiger partial charge on any atom is -0.364 e. The summed E-state index contributed by atoms with van der Waals surface area (Å²) in [5.41, 5.74) is 3.36. The molecule has 1 aliphatic heterocycles. The number of rotatable bonds is 5. The van der Waals surface area contributed by atoms with Crippen LogP contribution in [0.5, 0.6) is 0 Å². The summed E-state index contributed by atoms with van der Waals surface area (Å²) in [5.74, 6) is 0.620. The normalized spacial score (nSPS) is 13.8. The number of fused-ring (bicyclic) bond motifs is 2. The quantitative estimate of drug-likeness (QED) is 0.468. The van der Waals surface area contributed by atoms with E-state index in [1.165, 1.54) is 22.0 Å². The molecule has 0 aliphatic carbocycles. The molecule has 2 heterocycles. The molecule has 4 aromatic rings. The molecule has 5 rings (SSSR count). The molecule has 6 heteroatoms. The molecule has 1 amide bonds. The number of nitrogens with one attached hydrogen (secondary N) is 1. The minimum absolute atomic E-state index is 0.176. The average molecular weight is 429 g/mol.